The van der Waals surface area contributed by atoms with Gasteiger partial charge in [-0.2, -0.15) is 0 Å². The molecule has 1 aliphatic rings. The van der Waals surface area contributed by atoms with Crippen LogP contribution in [0, 0.1) is 5.92 Å². The van der Waals surface area contributed by atoms with E-state index in [-0.39, 0.29) is 5.92 Å². The Kier molecular flexibility index (Phi) is 7.84. The summed E-state index contributed by atoms with van der Waals surface area (Å²) >= 11 is 1.68. The Hall–Kier alpha value is -2.21. The van der Waals surface area contributed by atoms with Gasteiger partial charge in [-0.15, -0.1) is 11.3 Å². The van der Waals surface area contributed by atoms with E-state index in [0.29, 0.717) is 0 Å². The van der Waals surface area contributed by atoms with E-state index in [4.69, 9.17) is 9.72 Å². The lowest BCUT2D eigenvalue weighted by molar-refractivity contribution is -0.903. The van der Waals surface area contributed by atoms with Gasteiger partial charge in [-0.1, -0.05) is 67.8 Å². The van der Waals surface area contributed by atoms with E-state index in [1.165, 1.54) is 24.1 Å². The van der Waals surface area contributed by atoms with E-state index >= 15 is 0 Å². The second-order valence-electron chi connectivity index (χ2n) is 9.93. The number of hydrogen-bond donors (Lipinski definition) is 1. The molecule has 2 aromatic carbocycles. The van der Waals surface area contributed by atoms with Gasteiger partial charge in [0.1, 0.15) is 22.9 Å². The molecule has 1 heterocycles. The van der Waals surface area contributed by atoms with Crippen LogP contribution < -0.4 is 4.74 Å². The molecule has 1 N–H and O–H groups in total. The van der Waals surface area contributed by atoms with Gasteiger partial charge in [-0.25, -0.2) is 4.98 Å². The second-order valence-corrected chi connectivity index (χ2v) is 11.0. The lowest BCUT2D eigenvalue weighted by atomic mass is 9.73. The molecule has 1 aliphatic carbocycles. The molecule has 0 spiro atoms. The van der Waals surface area contributed by atoms with E-state index in [0.717, 1.165) is 59.8 Å². The molecule has 4 rings (SSSR count). The fraction of sp³-hybridized carbons (Fsp3) is 0.464. The Labute approximate surface area is 202 Å². The molecule has 4 nitrogen and oxygen atoms in total. The normalized spacial score (nSPS) is 16.9. The molecule has 1 atom stereocenters. The third-order valence-corrected chi connectivity index (χ3v) is 7.90. The summed E-state index contributed by atoms with van der Waals surface area (Å²) in [5, 5.41) is 12.9. The first-order valence-corrected chi connectivity index (χ1v) is 13.0. The van der Waals surface area contributed by atoms with Crippen molar-refractivity contribution in [2.45, 2.75) is 50.7 Å². The smallest absolute Gasteiger partial charge is 0.144 e. The van der Waals surface area contributed by atoms with Crippen molar-refractivity contribution in [3.63, 3.8) is 0 Å². The number of thiazole rings is 1. The highest BCUT2D eigenvalue weighted by Gasteiger charge is 2.43. The topological polar surface area (TPSA) is 42.4 Å². The summed E-state index contributed by atoms with van der Waals surface area (Å²) < 4.78 is 6.73. The molecule has 1 unspecified atom stereocenters. The van der Waals surface area contributed by atoms with E-state index in [2.05, 4.69) is 26.2 Å². The fourth-order valence-corrected chi connectivity index (χ4v) is 6.32. The van der Waals surface area contributed by atoms with Gasteiger partial charge in [0, 0.05) is 12.6 Å². The van der Waals surface area contributed by atoms with Crippen LogP contribution in [-0.4, -0.2) is 41.8 Å². The monoisotopic (exact) mass is 465 g/mol. The molecule has 0 radical (unpaired) electrons. The lowest BCUT2D eigenvalue weighted by Crippen LogP contribution is -2.40. The van der Waals surface area contributed by atoms with Gasteiger partial charge < -0.3 is 14.3 Å². The number of nitrogens with zero attached hydrogens (tertiary/aromatic N) is 2. The summed E-state index contributed by atoms with van der Waals surface area (Å²) in [6.45, 7) is 2.64. The average molecular weight is 466 g/mol. The van der Waals surface area contributed by atoms with Crippen molar-refractivity contribution in [1.82, 2.24) is 4.98 Å². The van der Waals surface area contributed by atoms with Crippen LogP contribution in [0.5, 0.6) is 5.75 Å². The van der Waals surface area contributed by atoms with E-state index in [1.807, 2.05) is 54.7 Å². The number of rotatable bonds is 10. The maximum atomic E-state index is 12.1. The summed E-state index contributed by atoms with van der Waals surface area (Å²) in [4.78, 5) is 6.02. The fourth-order valence-electron chi connectivity index (χ4n) is 5.00. The lowest BCUT2D eigenvalue weighted by Gasteiger charge is -2.37. The van der Waals surface area contributed by atoms with Gasteiger partial charge in [-0.05, 0) is 36.5 Å². The van der Waals surface area contributed by atoms with Gasteiger partial charge in [0.25, 0.3) is 0 Å². The average Bonchev–Trinajstić information content (AvgIpc) is 3.31. The summed E-state index contributed by atoms with van der Waals surface area (Å²) in [6.07, 6.45) is 8.73. The summed E-state index contributed by atoms with van der Waals surface area (Å²) in [7, 11) is 4.51. The van der Waals surface area contributed by atoms with Gasteiger partial charge in [0.15, 0.2) is 0 Å². The highest BCUT2D eigenvalue weighted by molar-refractivity contribution is 7.11. The van der Waals surface area contributed by atoms with Crippen molar-refractivity contribution in [3.05, 3.63) is 82.3 Å². The molecular weight excluding hydrogens is 428 g/mol. The van der Waals surface area contributed by atoms with Crippen molar-refractivity contribution >= 4 is 11.3 Å². The Morgan fingerprint density at radius 2 is 1.67 bits per heavy atom. The first kappa shape index (κ1) is 23.9. The number of para-hydroxylation sites is 1. The zero-order valence-corrected chi connectivity index (χ0v) is 20.8. The predicted octanol–water partition coefficient (Wildman–Crippen LogP) is 6.00. The number of benzene rings is 2. The molecule has 5 heteroatoms. The van der Waals surface area contributed by atoms with Gasteiger partial charge in [0.05, 0.1) is 32.1 Å². The maximum absolute atomic E-state index is 12.1. The van der Waals surface area contributed by atoms with Crippen LogP contribution in [0.2, 0.25) is 0 Å². The van der Waals surface area contributed by atoms with E-state index < -0.39 is 5.60 Å². The molecule has 0 saturated heterocycles. The van der Waals surface area contributed by atoms with E-state index in [9.17, 15) is 5.11 Å². The molecule has 1 fully saturated rings. The first-order chi connectivity index (χ1) is 16.0. The van der Waals surface area contributed by atoms with Crippen LogP contribution in [0.3, 0.4) is 0 Å². The summed E-state index contributed by atoms with van der Waals surface area (Å²) in [5.74, 6) is 1.16. The number of aliphatic hydroxyl groups is 1. The van der Waals surface area contributed by atoms with Crippen molar-refractivity contribution in [1.29, 1.82) is 0 Å². The minimum atomic E-state index is -0.995. The van der Waals surface area contributed by atoms with Gasteiger partial charge in [0.2, 0.25) is 0 Å². The SMILES string of the molecule is C[N+](C)(CCCOc1ccccc1)Cc1cnc(C(O)(c2ccccc2)C2CCCCC2)s1. The number of aromatic nitrogens is 1. The third-order valence-electron chi connectivity index (χ3n) is 6.79. The molecular formula is C28H37N2O2S+. The van der Waals surface area contributed by atoms with Crippen LogP contribution in [0.25, 0.3) is 0 Å². The number of ether oxygens (including phenoxy) is 1. The van der Waals surface area contributed by atoms with Crippen molar-refractivity contribution in [2.24, 2.45) is 5.92 Å². The van der Waals surface area contributed by atoms with Crippen LogP contribution in [0.15, 0.2) is 66.9 Å². The second kappa shape index (κ2) is 10.8. The van der Waals surface area contributed by atoms with Crippen molar-refractivity contribution < 1.29 is 14.3 Å². The standard InChI is InChI=1S/C28H37N2O2S/c1-30(2,19-12-20-32-25-17-10-5-11-18-25)22-26-21-29-27(33-26)28(31,23-13-6-3-7-14-23)24-15-8-4-9-16-24/h3,5-7,10-11,13-14,17-18,21,24,31H,4,8-9,12,15-16,19-20,22H2,1-2H3/q+1. The zero-order chi connectivity index (χ0) is 23.2. The summed E-state index contributed by atoms with van der Waals surface area (Å²) in [6, 6.07) is 20.2. The highest BCUT2D eigenvalue weighted by atomic mass is 32.1. The van der Waals surface area contributed by atoms with Gasteiger partial charge in [-0.3, -0.25) is 0 Å². The molecule has 33 heavy (non-hydrogen) atoms. The quantitative estimate of drug-likeness (QED) is 0.295. The minimum absolute atomic E-state index is 0.227. The molecule has 3 aromatic rings. The molecule has 0 bridgehead atoms. The van der Waals surface area contributed by atoms with Crippen LogP contribution in [0.1, 0.15) is 54.0 Å². The zero-order valence-electron chi connectivity index (χ0n) is 20.0. The Balaban J connectivity index is 1.42. The van der Waals surface area contributed by atoms with Gasteiger partial charge >= 0.3 is 0 Å². The Morgan fingerprint density at radius 3 is 2.36 bits per heavy atom. The largest absolute Gasteiger partial charge is 0.493 e. The van der Waals surface area contributed by atoms with Crippen LogP contribution in [-0.2, 0) is 12.1 Å². The Morgan fingerprint density at radius 1 is 1.00 bits per heavy atom. The minimum Gasteiger partial charge on any atom is -0.493 e. The first-order valence-electron chi connectivity index (χ1n) is 12.2. The molecule has 0 aliphatic heterocycles. The predicted molar refractivity (Wildman–Crippen MR) is 135 cm³/mol. The maximum Gasteiger partial charge on any atom is 0.144 e. The van der Waals surface area contributed by atoms with Crippen molar-refractivity contribution in [2.75, 3.05) is 27.2 Å². The molecule has 0 amide bonds. The van der Waals surface area contributed by atoms with Crippen LogP contribution >= 0.6 is 11.3 Å². The number of hydrogen-bond acceptors (Lipinski definition) is 4. The summed E-state index contributed by atoms with van der Waals surface area (Å²) in [5.41, 5.74) is -0.0183. The molecule has 1 aromatic heterocycles. The van der Waals surface area contributed by atoms with Crippen molar-refractivity contribution in [3.8, 4) is 5.75 Å². The van der Waals surface area contributed by atoms with Crippen LogP contribution in [0.4, 0.5) is 0 Å². The Bertz CT molecular complexity index is 983. The highest BCUT2D eigenvalue weighted by Crippen LogP contribution is 2.45. The third kappa shape index (κ3) is 6.03. The van der Waals surface area contributed by atoms with E-state index in [1.54, 1.807) is 11.3 Å². The molecule has 176 valence electrons. The number of quaternary nitrogens is 1. The molecule has 1 saturated carbocycles.